The summed E-state index contributed by atoms with van der Waals surface area (Å²) in [4.78, 5) is 2.35. The van der Waals surface area contributed by atoms with Gasteiger partial charge in [0.15, 0.2) is 0 Å². The van der Waals surface area contributed by atoms with E-state index in [1.165, 1.54) is 0 Å². The molecule has 2 unspecified atom stereocenters. The lowest BCUT2D eigenvalue weighted by Gasteiger charge is -2.35. The molecule has 0 saturated carbocycles. The second kappa shape index (κ2) is 6.91. The molecule has 0 bridgehead atoms. The van der Waals surface area contributed by atoms with Crippen molar-refractivity contribution >= 4 is 23.2 Å². The molecule has 1 aliphatic heterocycles. The Morgan fingerprint density at radius 2 is 2.26 bits per heavy atom. The number of rotatable bonds is 4. The van der Waals surface area contributed by atoms with Gasteiger partial charge in [-0.25, -0.2) is 0 Å². The molecule has 1 saturated heterocycles. The standard InChI is InChI=1S/C14H20Cl2N2O/c1-2-18-5-6-19-14(9-18)13(17)8-10-7-11(15)3-4-12(10)16/h3-4,7,13-14H,2,5-6,8-9,17H2,1H3. The molecule has 106 valence electrons. The normalized spacial score (nSPS) is 22.4. The van der Waals surface area contributed by atoms with Gasteiger partial charge >= 0.3 is 0 Å². The van der Waals surface area contributed by atoms with Gasteiger partial charge < -0.3 is 10.5 Å². The summed E-state index contributed by atoms with van der Waals surface area (Å²) in [6, 6.07) is 5.41. The van der Waals surface area contributed by atoms with Crippen LogP contribution in [0, 0.1) is 0 Å². The first-order valence-corrected chi connectivity index (χ1v) is 7.39. The summed E-state index contributed by atoms with van der Waals surface area (Å²) >= 11 is 12.2. The number of nitrogens with two attached hydrogens (primary N) is 1. The quantitative estimate of drug-likeness (QED) is 0.929. The van der Waals surface area contributed by atoms with Gasteiger partial charge in [0.1, 0.15) is 0 Å². The molecular formula is C14H20Cl2N2O. The van der Waals surface area contributed by atoms with E-state index in [2.05, 4.69) is 11.8 Å². The molecule has 1 heterocycles. The predicted molar refractivity (Wildman–Crippen MR) is 80.0 cm³/mol. The van der Waals surface area contributed by atoms with Crippen molar-refractivity contribution in [2.24, 2.45) is 5.73 Å². The van der Waals surface area contributed by atoms with Gasteiger partial charge in [0.2, 0.25) is 0 Å². The molecule has 2 N–H and O–H groups in total. The minimum Gasteiger partial charge on any atom is -0.374 e. The summed E-state index contributed by atoms with van der Waals surface area (Å²) in [5.74, 6) is 0. The highest BCUT2D eigenvalue weighted by atomic mass is 35.5. The summed E-state index contributed by atoms with van der Waals surface area (Å²) in [6.45, 7) is 5.80. The van der Waals surface area contributed by atoms with Gasteiger partial charge in [-0.1, -0.05) is 30.1 Å². The van der Waals surface area contributed by atoms with Gasteiger partial charge in [-0.3, -0.25) is 4.90 Å². The Bertz CT molecular complexity index is 428. The molecular weight excluding hydrogens is 283 g/mol. The van der Waals surface area contributed by atoms with Crippen molar-refractivity contribution < 1.29 is 4.74 Å². The molecule has 5 heteroatoms. The van der Waals surface area contributed by atoms with E-state index in [0.717, 1.165) is 31.8 Å². The molecule has 1 fully saturated rings. The Morgan fingerprint density at radius 3 is 3.00 bits per heavy atom. The van der Waals surface area contributed by atoms with Gasteiger partial charge in [0.25, 0.3) is 0 Å². The van der Waals surface area contributed by atoms with Crippen LogP contribution in [0.15, 0.2) is 18.2 Å². The third kappa shape index (κ3) is 4.07. The second-order valence-corrected chi connectivity index (χ2v) is 5.75. The van der Waals surface area contributed by atoms with Gasteiger partial charge in [-0.2, -0.15) is 0 Å². The largest absolute Gasteiger partial charge is 0.374 e. The third-order valence-electron chi connectivity index (χ3n) is 3.57. The highest BCUT2D eigenvalue weighted by Crippen LogP contribution is 2.23. The van der Waals surface area contributed by atoms with Gasteiger partial charge in [-0.15, -0.1) is 0 Å². The van der Waals surface area contributed by atoms with Crippen LogP contribution in [0.3, 0.4) is 0 Å². The summed E-state index contributed by atoms with van der Waals surface area (Å²) in [7, 11) is 0. The Hall–Kier alpha value is -0.320. The van der Waals surface area contributed by atoms with Crippen LogP contribution in [-0.4, -0.2) is 43.3 Å². The molecule has 1 aromatic rings. The van der Waals surface area contributed by atoms with E-state index in [1.54, 1.807) is 6.07 Å². The second-order valence-electron chi connectivity index (χ2n) is 4.91. The zero-order valence-electron chi connectivity index (χ0n) is 11.1. The fourth-order valence-electron chi connectivity index (χ4n) is 2.36. The van der Waals surface area contributed by atoms with E-state index in [-0.39, 0.29) is 12.1 Å². The molecule has 3 nitrogen and oxygen atoms in total. The molecule has 0 spiro atoms. The first kappa shape index (κ1) is 15.1. The Labute approximate surface area is 124 Å². The van der Waals surface area contributed by atoms with Gasteiger partial charge in [0.05, 0.1) is 12.7 Å². The van der Waals surface area contributed by atoms with E-state index in [4.69, 9.17) is 33.7 Å². The van der Waals surface area contributed by atoms with Crippen LogP contribution in [0.2, 0.25) is 10.0 Å². The van der Waals surface area contributed by atoms with E-state index in [9.17, 15) is 0 Å². The number of nitrogens with zero attached hydrogens (tertiary/aromatic N) is 1. The van der Waals surface area contributed by atoms with Crippen molar-refractivity contribution in [3.8, 4) is 0 Å². The summed E-state index contributed by atoms with van der Waals surface area (Å²) in [5, 5.41) is 1.40. The molecule has 1 aromatic carbocycles. The molecule has 2 rings (SSSR count). The monoisotopic (exact) mass is 302 g/mol. The Kier molecular flexibility index (Phi) is 5.48. The van der Waals surface area contributed by atoms with E-state index < -0.39 is 0 Å². The minimum atomic E-state index is -0.0645. The highest BCUT2D eigenvalue weighted by molar-refractivity contribution is 6.33. The van der Waals surface area contributed by atoms with Crippen molar-refractivity contribution in [3.63, 3.8) is 0 Å². The summed E-state index contributed by atoms with van der Waals surface area (Å²) in [5.41, 5.74) is 7.25. The summed E-state index contributed by atoms with van der Waals surface area (Å²) < 4.78 is 5.77. The van der Waals surface area contributed by atoms with E-state index in [0.29, 0.717) is 16.5 Å². The predicted octanol–water partition coefficient (Wildman–Crippen LogP) is 2.58. The number of benzene rings is 1. The van der Waals surface area contributed by atoms with Crippen LogP contribution in [-0.2, 0) is 11.2 Å². The molecule has 0 aromatic heterocycles. The Morgan fingerprint density at radius 1 is 1.47 bits per heavy atom. The van der Waals surface area contributed by atoms with Crippen LogP contribution in [0.25, 0.3) is 0 Å². The van der Waals surface area contributed by atoms with Crippen molar-refractivity contribution in [2.75, 3.05) is 26.2 Å². The molecule has 0 aliphatic carbocycles. The lowest BCUT2D eigenvalue weighted by molar-refractivity contribution is -0.0385. The topological polar surface area (TPSA) is 38.5 Å². The maximum atomic E-state index is 6.26. The maximum Gasteiger partial charge on any atom is 0.0856 e. The van der Waals surface area contributed by atoms with Crippen molar-refractivity contribution in [1.29, 1.82) is 0 Å². The number of halogens is 2. The zero-order valence-corrected chi connectivity index (χ0v) is 12.6. The lowest BCUT2D eigenvalue weighted by Crippen LogP contribution is -2.51. The zero-order chi connectivity index (χ0) is 13.8. The SMILES string of the molecule is CCN1CCOC(C(N)Cc2cc(Cl)ccc2Cl)C1. The third-order valence-corrected chi connectivity index (χ3v) is 4.17. The molecule has 1 aliphatic rings. The first-order chi connectivity index (χ1) is 9.10. The average Bonchev–Trinajstić information content (AvgIpc) is 2.43. The smallest absolute Gasteiger partial charge is 0.0856 e. The fourth-order valence-corrected chi connectivity index (χ4v) is 2.75. The molecule has 19 heavy (non-hydrogen) atoms. The minimum absolute atomic E-state index is 0.0590. The van der Waals surface area contributed by atoms with Crippen molar-refractivity contribution in [1.82, 2.24) is 4.90 Å². The van der Waals surface area contributed by atoms with E-state index in [1.807, 2.05) is 12.1 Å². The van der Waals surface area contributed by atoms with Gasteiger partial charge in [0, 0.05) is 29.2 Å². The van der Waals surface area contributed by atoms with Crippen LogP contribution in [0.1, 0.15) is 12.5 Å². The van der Waals surface area contributed by atoms with Crippen molar-refractivity contribution in [2.45, 2.75) is 25.5 Å². The number of likely N-dealkylation sites (N-methyl/N-ethyl adjacent to an activating group) is 1. The van der Waals surface area contributed by atoms with Crippen LogP contribution < -0.4 is 5.73 Å². The molecule has 0 amide bonds. The highest BCUT2D eigenvalue weighted by Gasteiger charge is 2.25. The number of hydrogen-bond acceptors (Lipinski definition) is 3. The van der Waals surface area contributed by atoms with E-state index >= 15 is 0 Å². The average molecular weight is 303 g/mol. The molecule has 2 atom stereocenters. The van der Waals surface area contributed by atoms with Crippen LogP contribution >= 0.6 is 23.2 Å². The van der Waals surface area contributed by atoms with Crippen LogP contribution in [0.4, 0.5) is 0 Å². The fraction of sp³-hybridized carbons (Fsp3) is 0.571. The maximum absolute atomic E-state index is 6.26. The van der Waals surface area contributed by atoms with Crippen LogP contribution in [0.5, 0.6) is 0 Å². The number of hydrogen-bond donors (Lipinski definition) is 1. The van der Waals surface area contributed by atoms with Gasteiger partial charge in [-0.05, 0) is 36.7 Å². The number of ether oxygens (including phenoxy) is 1. The summed E-state index contributed by atoms with van der Waals surface area (Å²) in [6.07, 6.45) is 0.741. The Balaban J connectivity index is 2.00. The first-order valence-electron chi connectivity index (χ1n) is 6.63. The van der Waals surface area contributed by atoms with Crippen molar-refractivity contribution in [3.05, 3.63) is 33.8 Å². The lowest BCUT2D eigenvalue weighted by atomic mass is 10.0. The number of morpholine rings is 1. The molecule has 0 radical (unpaired) electrons.